The molecule has 0 bridgehead atoms. The fourth-order valence-corrected chi connectivity index (χ4v) is 2.00. The first kappa shape index (κ1) is 26.6. The Morgan fingerprint density at radius 3 is 0.955 bits per heavy atom. The van der Waals surface area contributed by atoms with Gasteiger partial charge in [0, 0.05) is 11.5 Å². The fraction of sp³-hybridized carbons (Fsp3) is 1.00. The zero-order valence-corrected chi connectivity index (χ0v) is 16.1. The molecular weight excluding hydrogens is 332 g/mol. The van der Waals surface area contributed by atoms with E-state index in [9.17, 15) is 25.9 Å². The molecule has 2 N–H and O–H groups in total. The molecule has 8 nitrogen and oxygen atoms in total. The number of quaternary nitrogens is 2. The second-order valence-electron chi connectivity index (χ2n) is 5.44. The van der Waals surface area contributed by atoms with Gasteiger partial charge in [0.25, 0.3) is 0 Å². The van der Waals surface area contributed by atoms with Crippen LogP contribution in [0.1, 0.15) is 26.7 Å². The number of hydrogen-bond donors (Lipinski definition) is 2. The van der Waals surface area contributed by atoms with Gasteiger partial charge in [-0.1, -0.05) is 13.8 Å². The van der Waals surface area contributed by atoms with Crippen LogP contribution in [0.2, 0.25) is 0 Å². The Morgan fingerprint density at radius 1 is 0.682 bits per heavy atom. The summed E-state index contributed by atoms with van der Waals surface area (Å²) in [6.45, 7) is 5.83. The van der Waals surface area contributed by atoms with Crippen molar-refractivity contribution >= 4 is 20.2 Å². The third-order valence-corrected chi connectivity index (χ3v) is 3.85. The first-order valence-corrected chi connectivity index (χ1v) is 10.4. The van der Waals surface area contributed by atoms with E-state index in [1.165, 1.54) is 22.9 Å². The third-order valence-electron chi connectivity index (χ3n) is 2.03. The molecule has 0 fully saturated rings. The molecule has 0 heterocycles. The van der Waals surface area contributed by atoms with Crippen molar-refractivity contribution in [1.82, 2.24) is 0 Å². The van der Waals surface area contributed by atoms with E-state index in [-0.39, 0.29) is 11.5 Å². The zero-order chi connectivity index (χ0) is 18.4. The molecule has 0 aliphatic heterocycles. The topological polar surface area (TPSA) is 123 Å². The van der Waals surface area contributed by atoms with Crippen LogP contribution in [0.3, 0.4) is 0 Å². The standard InChI is InChI=1S/C6H16N2.2C3H8O3S/c1-7(2)5-6-8(3)4;2*1-2-3-7(4,5)6/h5-6H2,1-4H3;2*2-3H2,1H3,(H,4,5,6). The summed E-state index contributed by atoms with van der Waals surface area (Å²) in [4.78, 5) is 3.07. The second-order valence-corrected chi connectivity index (χ2v) is 8.49. The van der Waals surface area contributed by atoms with Gasteiger partial charge in [0.2, 0.25) is 0 Å². The Balaban J connectivity index is -0.000000247. The molecule has 0 radical (unpaired) electrons. The molecule has 0 spiro atoms. The maximum Gasteiger partial charge on any atom is 0.126 e. The first-order chi connectivity index (χ1) is 9.75. The lowest BCUT2D eigenvalue weighted by Crippen LogP contribution is -3.14. The average Bonchev–Trinajstić information content (AvgIpc) is 2.24. The van der Waals surface area contributed by atoms with Gasteiger partial charge < -0.3 is 18.9 Å². The highest BCUT2D eigenvalue weighted by Gasteiger charge is 1.95. The minimum atomic E-state index is -3.92. The molecule has 0 aromatic heterocycles. The highest BCUT2D eigenvalue weighted by molar-refractivity contribution is 7.85. The van der Waals surface area contributed by atoms with E-state index in [1.807, 2.05) is 0 Å². The van der Waals surface area contributed by atoms with Crippen molar-refractivity contribution < 1.29 is 35.7 Å². The van der Waals surface area contributed by atoms with Crippen molar-refractivity contribution in [2.75, 3.05) is 52.8 Å². The maximum atomic E-state index is 9.68. The van der Waals surface area contributed by atoms with E-state index in [0.29, 0.717) is 12.8 Å². The molecule has 10 heteroatoms. The van der Waals surface area contributed by atoms with Gasteiger partial charge in [-0.15, -0.1) is 0 Å². The summed E-state index contributed by atoms with van der Waals surface area (Å²) < 4.78 is 58.1. The van der Waals surface area contributed by atoms with Crippen LogP contribution in [-0.4, -0.2) is 78.7 Å². The highest BCUT2D eigenvalue weighted by Crippen LogP contribution is 1.83. The normalized spacial score (nSPS) is 11.5. The Kier molecular flexibility index (Phi) is 17.4. The lowest BCUT2D eigenvalue weighted by Gasteiger charge is -2.09. The van der Waals surface area contributed by atoms with Crippen molar-refractivity contribution in [3.63, 3.8) is 0 Å². The van der Waals surface area contributed by atoms with Crippen molar-refractivity contribution in [1.29, 1.82) is 0 Å². The van der Waals surface area contributed by atoms with Gasteiger partial charge in [0.15, 0.2) is 0 Å². The third kappa shape index (κ3) is 42.7. The van der Waals surface area contributed by atoms with Gasteiger partial charge in [-0.2, -0.15) is 0 Å². The summed E-state index contributed by atoms with van der Waals surface area (Å²) in [6, 6.07) is 0. The lowest BCUT2D eigenvalue weighted by atomic mass is 10.5. The zero-order valence-electron chi connectivity index (χ0n) is 14.5. The monoisotopic (exact) mass is 364 g/mol. The molecule has 22 heavy (non-hydrogen) atoms. The molecule has 0 amide bonds. The van der Waals surface area contributed by atoms with Crippen LogP contribution in [0.5, 0.6) is 0 Å². The van der Waals surface area contributed by atoms with Crippen LogP contribution in [0.25, 0.3) is 0 Å². The molecule has 0 saturated carbocycles. The Morgan fingerprint density at radius 2 is 0.909 bits per heavy atom. The number of hydrogen-bond acceptors (Lipinski definition) is 6. The van der Waals surface area contributed by atoms with E-state index in [4.69, 9.17) is 0 Å². The maximum absolute atomic E-state index is 9.68. The van der Waals surface area contributed by atoms with E-state index < -0.39 is 20.2 Å². The summed E-state index contributed by atoms with van der Waals surface area (Å²) in [7, 11) is 0.886. The summed E-state index contributed by atoms with van der Waals surface area (Å²) >= 11 is 0. The summed E-state index contributed by atoms with van der Waals surface area (Å²) in [5, 5.41) is 0. The minimum Gasteiger partial charge on any atom is -0.748 e. The lowest BCUT2D eigenvalue weighted by molar-refractivity contribution is -0.918. The molecule has 138 valence electrons. The molecule has 0 aromatic rings. The highest BCUT2D eigenvalue weighted by atomic mass is 32.2. The van der Waals surface area contributed by atoms with E-state index >= 15 is 0 Å². The van der Waals surface area contributed by atoms with Crippen LogP contribution < -0.4 is 9.80 Å². The van der Waals surface area contributed by atoms with Gasteiger partial charge in [-0.25, -0.2) is 16.8 Å². The Bertz CT molecular complexity index is 391. The SMILES string of the molecule is CCCS(=O)(=O)[O-].CCCS(=O)(=O)[O-].C[NH+](C)CC[NH+](C)C. The number of nitrogens with one attached hydrogen (secondary N) is 2. The number of rotatable bonds is 7. The van der Waals surface area contributed by atoms with Crippen molar-refractivity contribution in [2.24, 2.45) is 0 Å². The van der Waals surface area contributed by atoms with Crippen molar-refractivity contribution in [3.8, 4) is 0 Å². The molecule has 0 aliphatic rings. The smallest absolute Gasteiger partial charge is 0.126 e. The van der Waals surface area contributed by atoms with E-state index in [0.717, 1.165) is 0 Å². The predicted molar refractivity (Wildman–Crippen MR) is 85.1 cm³/mol. The summed E-state index contributed by atoms with van der Waals surface area (Å²) in [6.07, 6.45) is 0.817. The Labute approximate surface area is 136 Å². The first-order valence-electron chi connectivity index (χ1n) is 7.20. The van der Waals surface area contributed by atoms with Gasteiger partial charge in [-0.3, -0.25) is 0 Å². The molecule has 0 saturated heterocycles. The largest absolute Gasteiger partial charge is 0.748 e. The molecular formula is C12H32N2O6S2. The van der Waals surface area contributed by atoms with Gasteiger partial charge in [-0.05, 0) is 12.8 Å². The van der Waals surface area contributed by atoms with Crippen LogP contribution >= 0.6 is 0 Å². The molecule has 0 rings (SSSR count). The Hall–Kier alpha value is -0.260. The van der Waals surface area contributed by atoms with Crippen LogP contribution in [-0.2, 0) is 20.2 Å². The summed E-state index contributed by atoms with van der Waals surface area (Å²) in [5.41, 5.74) is 0. The van der Waals surface area contributed by atoms with Gasteiger partial charge in [0.05, 0.1) is 48.4 Å². The van der Waals surface area contributed by atoms with Crippen LogP contribution in [0.15, 0.2) is 0 Å². The van der Waals surface area contributed by atoms with Crippen molar-refractivity contribution in [3.05, 3.63) is 0 Å². The van der Waals surface area contributed by atoms with Crippen LogP contribution in [0.4, 0.5) is 0 Å². The number of likely N-dealkylation sites (N-methyl/N-ethyl adjacent to an activating group) is 2. The van der Waals surface area contributed by atoms with E-state index in [2.05, 4.69) is 28.2 Å². The molecule has 0 aromatic carbocycles. The van der Waals surface area contributed by atoms with E-state index in [1.54, 1.807) is 13.8 Å². The molecule has 0 unspecified atom stereocenters. The fourth-order valence-electron chi connectivity index (χ4n) is 1.000. The predicted octanol–water partition coefficient (Wildman–Crippen LogP) is -2.84. The minimum absolute atomic E-state index is 0.243. The molecule has 0 atom stereocenters. The van der Waals surface area contributed by atoms with Gasteiger partial charge >= 0.3 is 0 Å². The van der Waals surface area contributed by atoms with Crippen molar-refractivity contribution in [2.45, 2.75) is 26.7 Å². The van der Waals surface area contributed by atoms with Gasteiger partial charge in [0.1, 0.15) is 13.1 Å². The average molecular weight is 365 g/mol. The van der Waals surface area contributed by atoms with Crippen LogP contribution in [0, 0.1) is 0 Å². The quantitative estimate of drug-likeness (QED) is 0.469. The second kappa shape index (κ2) is 14.3. The molecule has 0 aliphatic carbocycles. The summed E-state index contributed by atoms with van der Waals surface area (Å²) in [5.74, 6) is -0.486.